The van der Waals surface area contributed by atoms with Crippen molar-refractivity contribution in [1.82, 2.24) is 15.6 Å². The number of hydrogen-bond acceptors (Lipinski definition) is 3. The molecule has 0 fully saturated rings. The summed E-state index contributed by atoms with van der Waals surface area (Å²) in [6, 6.07) is 8.37. The van der Waals surface area contributed by atoms with Gasteiger partial charge in [-0.2, -0.15) is 0 Å². The number of aromatic nitrogens is 1. The number of aromatic amines is 1. The Morgan fingerprint density at radius 3 is 3.00 bits per heavy atom. The highest BCUT2D eigenvalue weighted by Crippen LogP contribution is 2.28. The molecule has 5 nitrogen and oxygen atoms in total. The van der Waals surface area contributed by atoms with Crippen LogP contribution in [0.4, 0.5) is 4.39 Å². The average Bonchev–Trinajstić information content (AvgIpc) is 3.09. The van der Waals surface area contributed by atoms with E-state index in [4.69, 9.17) is 4.74 Å². The Labute approximate surface area is 156 Å². The normalized spacial score (nSPS) is 13.4. The summed E-state index contributed by atoms with van der Waals surface area (Å²) in [5.74, 6) is 0.474. The van der Waals surface area contributed by atoms with Gasteiger partial charge in [-0.3, -0.25) is 4.79 Å². The number of benzene rings is 2. The minimum atomic E-state index is -0.258. The van der Waals surface area contributed by atoms with Crippen molar-refractivity contribution in [3.05, 3.63) is 64.6 Å². The van der Waals surface area contributed by atoms with E-state index < -0.39 is 0 Å². The summed E-state index contributed by atoms with van der Waals surface area (Å²) in [6.07, 6.45) is 3.31. The Kier molecular flexibility index (Phi) is 4.81. The molecule has 0 saturated carbocycles. The summed E-state index contributed by atoms with van der Waals surface area (Å²) in [4.78, 5) is 15.9. The quantitative estimate of drug-likeness (QED) is 0.650. The number of H-pyrrole nitrogens is 1. The molecule has 1 aromatic heterocycles. The first-order valence-electron chi connectivity index (χ1n) is 9.10. The van der Waals surface area contributed by atoms with Crippen LogP contribution in [0.1, 0.15) is 27.0 Å². The third-order valence-electron chi connectivity index (χ3n) is 5.12. The van der Waals surface area contributed by atoms with Crippen LogP contribution in [0.5, 0.6) is 5.75 Å². The zero-order valence-electron chi connectivity index (χ0n) is 15.2. The number of rotatable bonds is 5. The second kappa shape index (κ2) is 7.40. The molecule has 0 aliphatic carbocycles. The van der Waals surface area contributed by atoms with Gasteiger partial charge in [-0.25, -0.2) is 4.39 Å². The molecule has 0 atom stereocenters. The van der Waals surface area contributed by atoms with E-state index in [1.807, 2.05) is 18.3 Å². The second-order valence-electron chi connectivity index (χ2n) is 6.71. The van der Waals surface area contributed by atoms with Crippen LogP contribution in [0.3, 0.4) is 0 Å². The smallest absolute Gasteiger partial charge is 0.251 e. The van der Waals surface area contributed by atoms with Gasteiger partial charge in [0.05, 0.1) is 7.11 Å². The van der Waals surface area contributed by atoms with Crippen LogP contribution in [0.2, 0.25) is 0 Å². The van der Waals surface area contributed by atoms with Gasteiger partial charge < -0.3 is 20.4 Å². The first kappa shape index (κ1) is 17.5. The molecule has 2 aromatic carbocycles. The molecule has 0 bridgehead atoms. The summed E-state index contributed by atoms with van der Waals surface area (Å²) in [6.45, 7) is 2.04. The van der Waals surface area contributed by atoms with E-state index in [1.54, 1.807) is 13.2 Å². The molecule has 0 saturated heterocycles. The molecule has 27 heavy (non-hydrogen) atoms. The fourth-order valence-electron chi connectivity index (χ4n) is 3.74. The molecule has 1 aliphatic rings. The zero-order chi connectivity index (χ0) is 18.8. The zero-order valence-corrected chi connectivity index (χ0v) is 15.2. The molecule has 4 rings (SSSR count). The fraction of sp³-hybridized carbons (Fsp3) is 0.286. The van der Waals surface area contributed by atoms with E-state index in [2.05, 4.69) is 15.6 Å². The van der Waals surface area contributed by atoms with Crippen LogP contribution < -0.4 is 15.4 Å². The Morgan fingerprint density at radius 2 is 2.15 bits per heavy atom. The predicted molar refractivity (Wildman–Crippen MR) is 103 cm³/mol. The molecule has 3 N–H and O–H groups in total. The van der Waals surface area contributed by atoms with E-state index in [1.165, 1.54) is 12.1 Å². The summed E-state index contributed by atoms with van der Waals surface area (Å²) >= 11 is 0. The van der Waals surface area contributed by atoms with Crippen molar-refractivity contribution in [2.45, 2.75) is 19.4 Å². The van der Waals surface area contributed by atoms with Gasteiger partial charge in [-0.05, 0) is 60.8 Å². The number of ether oxygens (including phenoxy) is 1. The van der Waals surface area contributed by atoms with Crippen LogP contribution in [0.15, 0.2) is 36.5 Å². The van der Waals surface area contributed by atoms with Crippen molar-refractivity contribution in [2.75, 3.05) is 20.2 Å². The van der Waals surface area contributed by atoms with Crippen molar-refractivity contribution >= 4 is 16.8 Å². The van der Waals surface area contributed by atoms with Crippen LogP contribution in [0, 0.1) is 5.82 Å². The number of fused-ring (bicyclic) bond motifs is 2. The van der Waals surface area contributed by atoms with Crippen molar-refractivity contribution in [1.29, 1.82) is 0 Å². The number of amides is 1. The first-order chi connectivity index (χ1) is 13.2. The minimum absolute atomic E-state index is 0.0816. The summed E-state index contributed by atoms with van der Waals surface area (Å²) < 4.78 is 18.9. The summed E-state index contributed by atoms with van der Waals surface area (Å²) in [5.41, 5.74) is 4.71. The number of hydrogen-bond donors (Lipinski definition) is 3. The highest BCUT2D eigenvalue weighted by molar-refractivity contribution is 5.96. The van der Waals surface area contributed by atoms with Gasteiger partial charge in [0.2, 0.25) is 0 Å². The lowest BCUT2D eigenvalue weighted by Crippen LogP contribution is -2.30. The molecule has 0 unspecified atom stereocenters. The lowest BCUT2D eigenvalue weighted by atomic mass is 9.94. The van der Waals surface area contributed by atoms with Crippen molar-refractivity contribution in [3.8, 4) is 5.75 Å². The van der Waals surface area contributed by atoms with Gasteiger partial charge in [0.25, 0.3) is 5.91 Å². The molecule has 3 aromatic rings. The van der Waals surface area contributed by atoms with E-state index >= 15 is 0 Å². The predicted octanol–water partition coefficient (Wildman–Crippen LogP) is 2.93. The highest BCUT2D eigenvalue weighted by Gasteiger charge is 2.20. The van der Waals surface area contributed by atoms with Gasteiger partial charge in [-0.1, -0.05) is 0 Å². The van der Waals surface area contributed by atoms with E-state index in [0.717, 1.165) is 46.3 Å². The van der Waals surface area contributed by atoms with Gasteiger partial charge in [-0.15, -0.1) is 0 Å². The van der Waals surface area contributed by atoms with Crippen LogP contribution in [0.25, 0.3) is 10.9 Å². The summed E-state index contributed by atoms with van der Waals surface area (Å²) in [5, 5.41) is 7.17. The minimum Gasteiger partial charge on any atom is -0.496 e. The number of halogens is 1. The lowest BCUT2D eigenvalue weighted by Gasteiger charge is -2.22. The number of carbonyl (C=O) groups excluding carboxylic acids is 1. The van der Waals surface area contributed by atoms with E-state index in [9.17, 15) is 9.18 Å². The second-order valence-corrected chi connectivity index (χ2v) is 6.71. The van der Waals surface area contributed by atoms with Crippen molar-refractivity contribution in [3.63, 3.8) is 0 Å². The molecule has 6 heteroatoms. The molecule has 140 valence electrons. The van der Waals surface area contributed by atoms with Crippen molar-refractivity contribution in [2.24, 2.45) is 0 Å². The Bertz CT molecular complexity index is 997. The van der Waals surface area contributed by atoms with Crippen LogP contribution in [-0.4, -0.2) is 31.1 Å². The van der Waals surface area contributed by atoms with Gasteiger partial charge >= 0.3 is 0 Å². The Hall–Kier alpha value is -2.86. The molecule has 2 heterocycles. The maximum Gasteiger partial charge on any atom is 0.251 e. The molecule has 0 radical (unpaired) electrons. The van der Waals surface area contributed by atoms with Crippen LogP contribution in [-0.2, 0) is 19.4 Å². The lowest BCUT2D eigenvalue weighted by molar-refractivity contribution is 0.0953. The maximum atomic E-state index is 13.5. The SMILES string of the molecule is COc1ccc(C(=O)NCCc2c[nH]c3ccc(F)cc23)c2c1CNCC2. The Morgan fingerprint density at radius 1 is 1.26 bits per heavy atom. The molecular weight excluding hydrogens is 345 g/mol. The molecular formula is C21H22FN3O2. The van der Waals surface area contributed by atoms with Gasteiger partial charge in [0.1, 0.15) is 11.6 Å². The van der Waals surface area contributed by atoms with Gasteiger partial charge in [0.15, 0.2) is 0 Å². The number of methoxy groups -OCH3 is 1. The van der Waals surface area contributed by atoms with E-state index in [-0.39, 0.29) is 11.7 Å². The summed E-state index contributed by atoms with van der Waals surface area (Å²) in [7, 11) is 1.65. The standard InChI is InChI=1S/C21H22FN3O2/c1-27-20-5-3-16(15-7-8-23-12-18(15)20)21(26)24-9-6-13-11-25-19-4-2-14(22)10-17(13)19/h2-5,10-11,23,25H,6-9,12H2,1H3,(H,24,26). The maximum absolute atomic E-state index is 13.5. The monoisotopic (exact) mass is 367 g/mol. The largest absolute Gasteiger partial charge is 0.496 e. The van der Waals surface area contributed by atoms with Crippen molar-refractivity contribution < 1.29 is 13.9 Å². The van der Waals surface area contributed by atoms with Crippen LogP contribution >= 0.6 is 0 Å². The molecule has 1 amide bonds. The third kappa shape index (κ3) is 3.40. The molecule has 0 spiro atoms. The first-order valence-corrected chi connectivity index (χ1v) is 9.10. The van der Waals surface area contributed by atoms with Gasteiger partial charge in [0, 0.05) is 41.3 Å². The average molecular weight is 367 g/mol. The Balaban J connectivity index is 1.47. The highest BCUT2D eigenvalue weighted by atomic mass is 19.1. The van der Waals surface area contributed by atoms with E-state index in [0.29, 0.717) is 25.1 Å². The fourth-order valence-corrected chi connectivity index (χ4v) is 3.74. The topological polar surface area (TPSA) is 66.1 Å². The number of nitrogens with one attached hydrogen (secondary N) is 3. The number of carbonyl (C=O) groups is 1. The third-order valence-corrected chi connectivity index (χ3v) is 5.12. The molecule has 1 aliphatic heterocycles.